The molecule has 0 saturated heterocycles. The third-order valence-electron chi connectivity index (χ3n) is 11.1. The highest BCUT2D eigenvalue weighted by Crippen LogP contribution is 2.40. The van der Waals surface area contributed by atoms with Crippen LogP contribution in [-0.2, 0) is 0 Å². The number of hydrogen-bond acceptors (Lipinski definition) is 0. The highest BCUT2D eigenvalue weighted by atomic mass is 15.0. The summed E-state index contributed by atoms with van der Waals surface area (Å²) in [5.74, 6) is 0. The minimum absolute atomic E-state index is 0.597. The van der Waals surface area contributed by atoms with Crippen molar-refractivity contribution in [1.29, 1.82) is 0 Å². The normalized spacial score (nSPS) is 11.6. The van der Waals surface area contributed by atoms with E-state index in [1.165, 1.54) is 21.5 Å². The molecule has 0 spiro atoms. The van der Waals surface area contributed by atoms with Crippen LogP contribution in [0.25, 0.3) is 103 Å². The number of fused-ring (bicyclic) bond motifs is 9. The van der Waals surface area contributed by atoms with E-state index < -0.39 is 0 Å². The Labute approximate surface area is 316 Å². The molecule has 5 nitrogen and oxygen atoms in total. The summed E-state index contributed by atoms with van der Waals surface area (Å²) in [5.41, 5.74) is 12.7. The molecular weight excluding hydrogens is 671 g/mol. The van der Waals surface area contributed by atoms with Crippen molar-refractivity contribution in [2.45, 2.75) is 0 Å². The van der Waals surface area contributed by atoms with Gasteiger partial charge in [0, 0.05) is 49.2 Å². The first-order chi connectivity index (χ1) is 27.2. The van der Waals surface area contributed by atoms with Crippen LogP contribution in [0.1, 0.15) is 0 Å². The van der Waals surface area contributed by atoms with Crippen molar-refractivity contribution in [2.75, 3.05) is 0 Å². The molecule has 11 rings (SSSR count). The predicted octanol–water partition coefficient (Wildman–Crippen LogP) is 13.7. The number of para-hydroxylation sites is 4. The van der Waals surface area contributed by atoms with Crippen molar-refractivity contribution in [3.8, 4) is 28.2 Å². The van der Waals surface area contributed by atoms with Crippen molar-refractivity contribution in [2.24, 2.45) is 0 Å². The summed E-state index contributed by atoms with van der Waals surface area (Å²) in [7, 11) is 0. The van der Waals surface area contributed by atoms with Crippen LogP contribution in [0.3, 0.4) is 0 Å². The Morgan fingerprint density at radius 3 is 1.35 bits per heavy atom. The molecule has 55 heavy (non-hydrogen) atoms. The van der Waals surface area contributed by atoms with Gasteiger partial charge in [0.05, 0.1) is 46.4 Å². The van der Waals surface area contributed by atoms with Crippen LogP contribution in [0.15, 0.2) is 176 Å². The SMILES string of the molecule is [C-]#[N+]c1ccc2c3ccc(-n4c5ccccc5c5ccccc54)cc3n(-c3ccc(-c4ccc(-n5c6ccccc6c6ccccc65)c([N+]#[C-])c4)cc3)c2c1. The zero-order chi connectivity index (χ0) is 36.6. The third kappa shape index (κ3) is 4.51. The van der Waals surface area contributed by atoms with Crippen LogP contribution in [-0.4, -0.2) is 13.7 Å². The van der Waals surface area contributed by atoms with Gasteiger partial charge in [0.1, 0.15) is 0 Å². The Morgan fingerprint density at radius 1 is 0.327 bits per heavy atom. The van der Waals surface area contributed by atoms with E-state index in [0.29, 0.717) is 11.4 Å². The molecule has 3 heterocycles. The molecule has 11 aromatic rings. The quantitative estimate of drug-likeness (QED) is 0.163. The zero-order valence-corrected chi connectivity index (χ0v) is 29.5. The topological polar surface area (TPSA) is 23.5 Å². The highest BCUT2D eigenvalue weighted by molar-refractivity contribution is 6.13. The van der Waals surface area contributed by atoms with Crippen LogP contribution in [0.4, 0.5) is 11.4 Å². The second-order valence-corrected chi connectivity index (χ2v) is 14.0. The molecule has 0 aliphatic rings. The third-order valence-corrected chi connectivity index (χ3v) is 11.1. The maximum Gasteiger partial charge on any atom is 0.211 e. The van der Waals surface area contributed by atoms with Gasteiger partial charge in [-0.1, -0.05) is 109 Å². The van der Waals surface area contributed by atoms with Crippen molar-refractivity contribution >= 4 is 76.8 Å². The first-order valence-corrected chi connectivity index (χ1v) is 18.3. The lowest BCUT2D eigenvalue weighted by Crippen LogP contribution is -1.97. The van der Waals surface area contributed by atoms with Gasteiger partial charge < -0.3 is 13.7 Å². The minimum Gasteiger partial charge on any atom is -0.319 e. The van der Waals surface area contributed by atoms with E-state index in [-0.39, 0.29) is 0 Å². The van der Waals surface area contributed by atoms with E-state index in [2.05, 4.69) is 181 Å². The summed E-state index contributed by atoms with van der Waals surface area (Å²) < 4.78 is 6.83. The second-order valence-electron chi connectivity index (χ2n) is 14.0. The molecule has 0 amide bonds. The lowest BCUT2D eigenvalue weighted by Gasteiger charge is -2.13. The molecule has 0 aliphatic carbocycles. The molecule has 0 N–H and O–H groups in total. The smallest absolute Gasteiger partial charge is 0.211 e. The summed E-state index contributed by atoms with van der Waals surface area (Å²) >= 11 is 0. The molecule has 0 aliphatic heterocycles. The largest absolute Gasteiger partial charge is 0.319 e. The molecule has 0 fully saturated rings. The number of nitrogens with zero attached hydrogens (tertiary/aromatic N) is 5. The second kappa shape index (κ2) is 11.8. The van der Waals surface area contributed by atoms with E-state index >= 15 is 0 Å². The minimum atomic E-state index is 0.597. The van der Waals surface area contributed by atoms with Gasteiger partial charge in [0.15, 0.2) is 5.69 Å². The fourth-order valence-corrected chi connectivity index (χ4v) is 8.65. The van der Waals surface area contributed by atoms with E-state index in [1.54, 1.807) is 0 Å². The summed E-state index contributed by atoms with van der Waals surface area (Å²) in [5, 5.41) is 7.01. The molecule has 0 bridgehead atoms. The standard InChI is InChI=1S/C50H29N5/c1-51-34-22-26-41-42-27-25-36(54-44-15-7-3-11-37(44)38-12-4-8-16-45(38)54)31-50(42)53(49(41)30-34)35-23-19-32(20-24-35)33-21-28-48(43(29-33)52-2)55-46-17-9-5-13-39(46)40-14-6-10-18-47(40)55/h3-31H. The van der Waals surface area contributed by atoms with Crippen LogP contribution in [0.2, 0.25) is 0 Å². The van der Waals surface area contributed by atoms with Crippen molar-refractivity contribution in [1.82, 2.24) is 13.7 Å². The summed E-state index contributed by atoms with van der Waals surface area (Å²) in [4.78, 5) is 7.82. The summed E-state index contributed by atoms with van der Waals surface area (Å²) in [6.45, 7) is 16.0. The lowest BCUT2D eigenvalue weighted by atomic mass is 10.0. The number of rotatable bonds is 4. The molecule has 5 heteroatoms. The van der Waals surface area contributed by atoms with E-state index in [4.69, 9.17) is 13.1 Å². The number of hydrogen-bond donors (Lipinski definition) is 0. The van der Waals surface area contributed by atoms with Gasteiger partial charge in [-0.2, -0.15) is 0 Å². The average Bonchev–Trinajstić information content (AvgIpc) is 3.88. The fraction of sp³-hybridized carbons (Fsp3) is 0. The van der Waals surface area contributed by atoms with E-state index in [0.717, 1.165) is 72.1 Å². The maximum absolute atomic E-state index is 8.22. The Balaban J connectivity index is 1.06. The van der Waals surface area contributed by atoms with Crippen LogP contribution in [0, 0.1) is 13.1 Å². The monoisotopic (exact) mass is 699 g/mol. The number of aromatic nitrogens is 3. The Kier molecular flexibility index (Phi) is 6.61. The lowest BCUT2D eigenvalue weighted by molar-refractivity contribution is 1.15. The first-order valence-electron chi connectivity index (χ1n) is 18.3. The van der Waals surface area contributed by atoms with Gasteiger partial charge >= 0.3 is 0 Å². The average molecular weight is 700 g/mol. The molecule has 254 valence electrons. The van der Waals surface area contributed by atoms with Gasteiger partial charge in [0.2, 0.25) is 5.69 Å². The Bertz CT molecular complexity index is 3350. The number of benzene rings is 8. The van der Waals surface area contributed by atoms with Crippen molar-refractivity contribution in [3.05, 3.63) is 199 Å². The van der Waals surface area contributed by atoms with Crippen molar-refractivity contribution < 1.29 is 0 Å². The zero-order valence-electron chi connectivity index (χ0n) is 29.5. The van der Waals surface area contributed by atoms with Gasteiger partial charge in [-0.3, -0.25) is 0 Å². The van der Waals surface area contributed by atoms with Gasteiger partial charge in [0.25, 0.3) is 0 Å². The molecule has 3 aromatic heterocycles. The molecule has 0 unspecified atom stereocenters. The van der Waals surface area contributed by atoms with Gasteiger partial charge in [-0.05, 0) is 77.9 Å². The van der Waals surface area contributed by atoms with E-state index in [9.17, 15) is 0 Å². The highest BCUT2D eigenvalue weighted by Gasteiger charge is 2.18. The maximum atomic E-state index is 8.22. The Morgan fingerprint density at radius 2 is 0.782 bits per heavy atom. The first kappa shape index (κ1) is 30.7. The van der Waals surface area contributed by atoms with Crippen molar-refractivity contribution in [3.63, 3.8) is 0 Å². The van der Waals surface area contributed by atoms with Crippen LogP contribution >= 0.6 is 0 Å². The molecular formula is C50H29N5. The summed E-state index contributed by atoms with van der Waals surface area (Å²) in [6, 6.07) is 61.3. The van der Waals surface area contributed by atoms with Gasteiger partial charge in [-0.25, -0.2) is 9.69 Å². The Hall–Kier alpha value is -7.86. The molecule has 0 saturated carbocycles. The van der Waals surface area contributed by atoms with Crippen LogP contribution < -0.4 is 0 Å². The molecule has 0 atom stereocenters. The molecule has 8 aromatic carbocycles. The predicted molar refractivity (Wildman–Crippen MR) is 227 cm³/mol. The van der Waals surface area contributed by atoms with Crippen LogP contribution in [0.5, 0.6) is 0 Å². The molecule has 0 radical (unpaired) electrons. The summed E-state index contributed by atoms with van der Waals surface area (Å²) in [6.07, 6.45) is 0. The fourth-order valence-electron chi connectivity index (χ4n) is 8.65. The van der Waals surface area contributed by atoms with Gasteiger partial charge in [-0.15, -0.1) is 0 Å². The van der Waals surface area contributed by atoms with E-state index in [1.807, 2.05) is 18.2 Å².